The number of hydrogen-bond acceptors (Lipinski definition) is 2. The van der Waals surface area contributed by atoms with Gasteiger partial charge in [-0.25, -0.2) is 0 Å². The number of amides is 2. The Morgan fingerprint density at radius 2 is 0.588 bits per heavy atom. The third-order valence-electron chi connectivity index (χ3n) is 15.4. The van der Waals surface area contributed by atoms with E-state index in [1.165, 1.54) is 266 Å². The van der Waals surface area contributed by atoms with Crippen molar-refractivity contribution in [2.45, 2.75) is 285 Å². The van der Waals surface area contributed by atoms with Gasteiger partial charge in [0.1, 0.15) is 0 Å². The molecule has 0 aromatic carbocycles. The molecule has 6 heteroatoms. The second-order valence-electron chi connectivity index (χ2n) is 21.4. The molecule has 0 aliphatic carbocycles. The van der Waals surface area contributed by atoms with E-state index < -0.39 is 0 Å². The summed E-state index contributed by atoms with van der Waals surface area (Å²) >= 11 is 0.251. The van der Waals surface area contributed by atoms with Crippen LogP contribution in [0.3, 0.4) is 0 Å². The van der Waals surface area contributed by atoms with E-state index in [4.69, 9.17) is 0 Å². The van der Waals surface area contributed by atoms with Crippen LogP contribution in [-0.2, 0) is 9.59 Å². The quantitative estimate of drug-likeness (QED) is 0.0490. The predicted octanol–water partition coefficient (Wildman–Crippen LogP) is 18.5. The topological polar surface area (TPSA) is 40.6 Å². The Bertz CT molecular complexity index is 1500. The van der Waals surface area contributed by atoms with E-state index >= 15 is 9.59 Å². The van der Waals surface area contributed by atoms with Crippen LogP contribution in [0.4, 0.5) is 0 Å². The van der Waals surface area contributed by atoms with Crippen LogP contribution in [0.5, 0.6) is 0 Å². The normalized spacial score (nSPS) is 14.9. The first kappa shape index (κ1) is 59.0. The summed E-state index contributed by atoms with van der Waals surface area (Å²) in [6.07, 6.45) is 53.1. The van der Waals surface area contributed by atoms with Crippen molar-refractivity contribution in [3.8, 4) is 0 Å². The van der Waals surface area contributed by atoms with Crippen molar-refractivity contribution in [1.29, 1.82) is 0 Å². The van der Waals surface area contributed by atoms with E-state index in [0.29, 0.717) is 11.8 Å². The number of fused-ring (bicyclic) bond motifs is 1. The summed E-state index contributed by atoms with van der Waals surface area (Å²) in [6, 6.07) is 8.80. The van der Waals surface area contributed by atoms with Crippen molar-refractivity contribution in [2.75, 3.05) is 13.1 Å². The molecule has 2 aromatic rings. The third kappa shape index (κ3) is 22.0. The first-order valence-corrected chi connectivity index (χ1v) is 33.4. The molecule has 2 amide bonds. The minimum atomic E-state index is 0.117. The standard InChI is InChI=1S/C62H104N2O2Se2/c1-5-9-13-17-21-25-27-31-35-39-45-53(43-37-33-29-23-19-15-11-7-3)51-63-59(55-47-41-49-67-55)57-58(61(63)65)60(56-48-42-50-68-56)64(62(57)66)52-54(44-38-34-30-24-20-16-12-8-4)46-40-36-32-28-26-22-18-14-10-6-2/h41-42,47-50,53-54H,5-40,43-46,51-52H2,1-4H3. The summed E-state index contributed by atoms with van der Waals surface area (Å²) in [6.45, 7) is 10.7. The van der Waals surface area contributed by atoms with Gasteiger partial charge in [0.2, 0.25) is 0 Å². The van der Waals surface area contributed by atoms with Crippen LogP contribution in [0, 0.1) is 11.8 Å². The molecule has 0 N–H and O–H groups in total. The fourth-order valence-electron chi connectivity index (χ4n) is 11.2. The summed E-state index contributed by atoms with van der Waals surface area (Å²) in [4.78, 5) is 39.6. The molecule has 68 heavy (non-hydrogen) atoms. The molecule has 4 rings (SSSR count). The SMILES string of the molecule is CCCCCCCCCCCCC(CCCCCCCCCC)CN1C(=O)C2=C(c3ccc[se]3)N(CC(CCCCCCCCCC)CCCCCCCCCCCC)C(=O)C2=C1c1ccc[se]1. The number of rotatable bonds is 46. The van der Waals surface area contributed by atoms with Crippen molar-refractivity contribution in [3.63, 3.8) is 0 Å². The molecule has 2 aromatic heterocycles. The Hall–Kier alpha value is -1.58. The first-order valence-electron chi connectivity index (χ1n) is 29.8. The average molecular weight is 1070 g/mol. The number of hydrogen-bond donors (Lipinski definition) is 0. The Morgan fingerprint density at radius 1 is 0.353 bits per heavy atom. The Morgan fingerprint density at radius 3 is 0.809 bits per heavy atom. The molecule has 2 aliphatic heterocycles. The number of carbonyl (C=O) groups is 2. The van der Waals surface area contributed by atoms with E-state index in [-0.39, 0.29) is 40.8 Å². The van der Waals surface area contributed by atoms with Crippen LogP contribution in [0.25, 0.3) is 11.4 Å². The van der Waals surface area contributed by atoms with Gasteiger partial charge in [-0.1, -0.05) is 105 Å². The molecular weight excluding hydrogens is 963 g/mol. The van der Waals surface area contributed by atoms with E-state index in [9.17, 15) is 0 Å². The fraction of sp³-hybridized carbons (Fsp3) is 0.774. The van der Waals surface area contributed by atoms with Crippen LogP contribution in [0.2, 0.25) is 0 Å². The monoisotopic (exact) mass is 1070 g/mol. The number of nitrogens with zero attached hydrogens (tertiary/aromatic N) is 2. The molecule has 2 unspecified atom stereocenters. The number of unbranched alkanes of at least 4 members (excludes halogenated alkanes) is 32. The van der Waals surface area contributed by atoms with Gasteiger partial charge < -0.3 is 0 Å². The van der Waals surface area contributed by atoms with Crippen molar-refractivity contribution in [2.24, 2.45) is 11.8 Å². The molecule has 386 valence electrons. The van der Waals surface area contributed by atoms with Crippen molar-refractivity contribution in [1.82, 2.24) is 9.80 Å². The first-order chi connectivity index (χ1) is 33.5. The predicted molar refractivity (Wildman–Crippen MR) is 298 cm³/mol. The molecule has 0 saturated heterocycles. The molecule has 4 heterocycles. The van der Waals surface area contributed by atoms with E-state index in [0.717, 1.165) is 35.6 Å². The average Bonchev–Trinajstić information content (AvgIpc) is 4.17. The van der Waals surface area contributed by atoms with Crippen molar-refractivity contribution >= 4 is 52.2 Å². The fourth-order valence-corrected chi connectivity index (χ4v) is 14.5. The molecule has 2 aliphatic rings. The minimum absolute atomic E-state index is 0.117. The second kappa shape index (κ2) is 38.1. The Labute approximate surface area is 432 Å². The van der Waals surface area contributed by atoms with E-state index in [1.807, 2.05) is 0 Å². The van der Waals surface area contributed by atoms with Gasteiger partial charge in [0.15, 0.2) is 0 Å². The maximum absolute atomic E-state index is 15.4. The van der Waals surface area contributed by atoms with Gasteiger partial charge >= 0.3 is 330 Å². The summed E-state index contributed by atoms with van der Waals surface area (Å²) in [5.74, 6) is 1.17. The van der Waals surface area contributed by atoms with E-state index in [2.05, 4.69) is 71.6 Å². The van der Waals surface area contributed by atoms with Crippen LogP contribution in [0.15, 0.2) is 45.3 Å². The van der Waals surface area contributed by atoms with Crippen LogP contribution < -0.4 is 0 Å². The van der Waals surface area contributed by atoms with Crippen molar-refractivity contribution < 1.29 is 9.59 Å². The third-order valence-corrected chi connectivity index (χ3v) is 19.1. The summed E-state index contributed by atoms with van der Waals surface area (Å²) in [5, 5.41) is 0. The molecule has 0 fully saturated rings. The maximum atomic E-state index is 15.4. The zero-order chi connectivity index (χ0) is 48.3. The van der Waals surface area contributed by atoms with Crippen LogP contribution in [0.1, 0.15) is 293 Å². The van der Waals surface area contributed by atoms with Gasteiger partial charge in [-0.3, -0.25) is 0 Å². The second-order valence-corrected chi connectivity index (χ2v) is 25.4. The summed E-state index contributed by atoms with van der Waals surface area (Å²) in [7, 11) is 0. The van der Waals surface area contributed by atoms with Gasteiger partial charge in [0.05, 0.1) is 0 Å². The molecular formula is C62H104N2O2Se2. The molecule has 0 spiro atoms. The van der Waals surface area contributed by atoms with Crippen LogP contribution >= 0.6 is 0 Å². The Balaban J connectivity index is 1.51. The van der Waals surface area contributed by atoms with Crippen LogP contribution in [-0.4, -0.2) is 63.7 Å². The summed E-state index contributed by atoms with van der Waals surface area (Å²) < 4.78 is 2.44. The van der Waals surface area contributed by atoms with Gasteiger partial charge in [0.25, 0.3) is 0 Å². The Kier molecular flexibility index (Phi) is 33.0. The van der Waals surface area contributed by atoms with Gasteiger partial charge in [-0.05, 0) is 0 Å². The van der Waals surface area contributed by atoms with Gasteiger partial charge in [-0.2, -0.15) is 0 Å². The van der Waals surface area contributed by atoms with Gasteiger partial charge in [-0.15, -0.1) is 0 Å². The molecule has 0 bridgehead atoms. The molecule has 2 atom stereocenters. The molecule has 0 radical (unpaired) electrons. The molecule has 0 saturated carbocycles. The number of carbonyl (C=O) groups excluding carboxylic acids is 2. The zero-order valence-electron chi connectivity index (χ0n) is 44.8. The van der Waals surface area contributed by atoms with Gasteiger partial charge in [0, 0.05) is 0 Å². The van der Waals surface area contributed by atoms with E-state index in [1.54, 1.807) is 0 Å². The van der Waals surface area contributed by atoms with Crippen molar-refractivity contribution in [3.05, 3.63) is 54.2 Å². The zero-order valence-corrected chi connectivity index (χ0v) is 48.3. The molecule has 4 nitrogen and oxygen atoms in total. The summed E-state index contributed by atoms with van der Waals surface area (Å²) in [5.41, 5.74) is 3.47.